The van der Waals surface area contributed by atoms with Crippen molar-refractivity contribution < 1.29 is 8.42 Å². The summed E-state index contributed by atoms with van der Waals surface area (Å²) in [5.74, 6) is 0. The van der Waals surface area contributed by atoms with Gasteiger partial charge in [-0.1, -0.05) is 61.1 Å². The van der Waals surface area contributed by atoms with Gasteiger partial charge in [0, 0.05) is 8.95 Å². The molecule has 2 aromatic rings. The molecule has 112 valence electrons. The van der Waals surface area contributed by atoms with Gasteiger partial charge in [-0.3, -0.25) is 4.72 Å². The van der Waals surface area contributed by atoms with E-state index in [9.17, 15) is 8.42 Å². The first kappa shape index (κ1) is 17.1. The average Bonchev–Trinajstić information content (AvgIpc) is 2.31. The molecule has 21 heavy (non-hydrogen) atoms. The summed E-state index contributed by atoms with van der Waals surface area (Å²) in [7, 11) is -3.89. The fraction of sp³-hybridized carbons (Fsp3) is 0.0769. The number of sulfonamides is 1. The zero-order valence-electron chi connectivity index (χ0n) is 10.6. The van der Waals surface area contributed by atoms with Gasteiger partial charge >= 0.3 is 0 Å². The molecule has 0 saturated heterocycles. The Hall–Kier alpha value is -0.270. The highest BCUT2D eigenvalue weighted by atomic mass is 79.9. The van der Waals surface area contributed by atoms with Crippen LogP contribution in [0.15, 0.2) is 44.2 Å². The Morgan fingerprint density at radius 3 is 2.14 bits per heavy atom. The maximum Gasteiger partial charge on any atom is 0.264 e. The van der Waals surface area contributed by atoms with Crippen LogP contribution in [0.1, 0.15) is 5.56 Å². The SMILES string of the molecule is Cc1ccc(Br)cc1NS(=O)(=O)c1c(Cl)cc(Br)cc1Cl. The van der Waals surface area contributed by atoms with Crippen molar-refractivity contribution in [2.75, 3.05) is 4.72 Å². The largest absolute Gasteiger partial charge is 0.279 e. The first-order valence-corrected chi connectivity index (χ1v) is 9.47. The third-order valence-electron chi connectivity index (χ3n) is 2.68. The second kappa shape index (κ2) is 6.46. The summed E-state index contributed by atoms with van der Waals surface area (Å²) in [6.07, 6.45) is 0. The van der Waals surface area contributed by atoms with Gasteiger partial charge in [0.25, 0.3) is 10.0 Å². The summed E-state index contributed by atoms with van der Waals surface area (Å²) in [6.45, 7) is 1.80. The Labute approximate surface area is 150 Å². The molecule has 0 aliphatic carbocycles. The van der Waals surface area contributed by atoms with Crippen LogP contribution in [0, 0.1) is 6.92 Å². The molecular weight excluding hydrogens is 465 g/mol. The number of benzene rings is 2. The summed E-state index contributed by atoms with van der Waals surface area (Å²) in [5, 5.41) is 0.101. The Bertz CT molecular complexity index is 787. The molecule has 0 aromatic heterocycles. The molecule has 0 spiro atoms. The van der Waals surface area contributed by atoms with Gasteiger partial charge in [-0.25, -0.2) is 8.42 Å². The summed E-state index contributed by atoms with van der Waals surface area (Å²) in [4.78, 5) is -0.145. The molecule has 0 aliphatic heterocycles. The Kier molecular flexibility index (Phi) is 5.26. The molecule has 1 N–H and O–H groups in total. The van der Waals surface area contributed by atoms with Gasteiger partial charge in [0.2, 0.25) is 0 Å². The Morgan fingerprint density at radius 1 is 1.00 bits per heavy atom. The summed E-state index contributed by atoms with van der Waals surface area (Å²) >= 11 is 18.5. The number of anilines is 1. The smallest absolute Gasteiger partial charge is 0.264 e. The van der Waals surface area contributed by atoms with E-state index in [2.05, 4.69) is 36.6 Å². The summed E-state index contributed by atoms with van der Waals surface area (Å²) in [6, 6.07) is 8.26. The van der Waals surface area contributed by atoms with Crippen LogP contribution in [-0.4, -0.2) is 8.42 Å². The summed E-state index contributed by atoms with van der Waals surface area (Å²) < 4.78 is 28.9. The van der Waals surface area contributed by atoms with E-state index in [1.807, 2.05) is 6.07 Å². The number of rotatable bonds is 3. The van der Waals surface area contributed by atoms with Crippen molar-refractivity contribution in [1.82, 2.24) is 0 Å². The molecular formula is C13H9Br2Cl2NO2S. The third-order valence-corrected chi connectivity index (χ3v) is 5.91. The number of aryl methyl sites for hydroxylation is 1. The van der Waals surface area contributed by atoms with Crippen molar-refractivity contribution in [2.24, 2.45) is 0 Å². The number of hydrogen-bond acceptors (Lipinski definition) is 2. The van der Waals surface area contributed by atoms with Crippen LogP contribution in [0.5, 0.6) is 0 Å². The maximum absolute atomic E-state index is 12.5. The average molecular weight is 474 g/mol. The van der Waals surface area contributed by atoms with Crippen molar-refractivity contribution in [3.8, 4) is 0 Å². The van der Waals surface area contributed by atoms with Crippen LogP contribution in [-0.2, 0) is 10.0 Å². The van der Waals surface area contributed by atoms with E-state index in [0.29, 0.717) is 10.2 Å². The normalized spacial score (nSPS) is 11.5. The molecule has 0 unspecified atom stereocenters. The molecule has 0 heterocycles. The van der Waals surface area contributed by atoms with E-state index in [-0.39, 0.29) is 14.9 Å². The van der Waals surface area contributed by atoms with Crippen molar-refractivity contribution in [3.05, 3.63) is 54.9 Å². The number of hydrogen-bond donors (Lipinski definition) is 1. The predicted octanol–water partition coefficient (Wildman–Crippen LogP) is 5.63. The zero-order valence-corrected chi connectivity index (χ0v) is 16.1. The molecule has 0 amide bonds. The Balaban J connectivity index is 2.51. The van der Waals surface area contributed by atoms with E-state index in [4.69, 9.17) is 23.2 Å². The second-order valence-corrected chi connectivity index (χ2v) is 8.53. The van der Waals surface area contributed by atoms with E-state index < -0.39 is 10.0 Å². The van der Waals surface area contributed by atoms with E-state index >= 15 is 0 Å². The first-order valence-electron chi connectivity index (χ1n) is 5.64. The van der Waals surface area contributed by atoms with Gasteiger partial charge in [-0.15, -0.1) is 0 Å². The molecule has 0 atom stereocenters. The van der Waals surface area contributed by atoms with Gasteiger partial charge in [-0.2, -0.15) is 0 Å². The second-order valence-electron chi connectivity index (χ2n) is 4.26. The van der Waals surface area contributed by atoms with Crippen LogP contribution in [0.25, 0.3) is 0 Å². The third kappa shape index (κ3) is 3.93. The quantitative estimate of drug-likeness (QED) is 0.628. The van der Waals surface area contributed by atoms with Crippen LogP contribution < -0.4 is 4.72 Å². The molecule has 8 heteroatoms. The lowest BCUT2D eigenvalue weighted by Crippen LogP contribution is -2.15. The highest BCUT2D eigenvalue weighted by molar-refractivity contribution is 9.10. The minimum Gasteiger partial charge on any atom is -0.279 e. The molecule has 0 fully saturated rings. The van der Waals surface area contributed by atoms with Crippen LogP contribution in [0.4, 0.5) is 5.69 Å². The highest BCUT2D eigenvalue weighted by Crippen LogP contribution is 2.34. The standard InChI is InChI=1S/C13H9Br2Cl2NO2S/c1-7-2-3-8(14)6-12(7)18-21(19,20)13-10(16)4-9(15)5-11(13)17/h2-6,18H,1H3. The van der Waals surface area contributed by atoms with Crippen LogP contribution in [0.3, 0.4) is 0 Å². The first-order chi connectivity index (χ1) is 9.70. The van der Waals surface area contributed by atoms with E-state index in [1.165, 1.54) is 12.1 Å². The molecule has 0 radical (unpaired) electrons. The number of nitrogens with one attached hydrogen (secondary N) is 1. The fourth-order valence-electron chi connectivity index (χ4n) is 1.69. The van der Waals surface area contributed by atoms with Gasteiger partial charge in [0.15, 0.2) is 0 Å². The fourth-order valence-corrected chi connectivity index (χ4v) is 5.11. The van der Waals surface area contributed by atoms with Crippen molar-refractivity contribution in [3.63, 3.8) is 0 Å². The highest BCUT2D eigenvalue weighted by Gasteiger charge is 2.23. The van der Waals surface area contributed by atoms with Crippen LogP contribution >= 0.6 is 55.1 Å². The van der Waals surface area contributed by atoms with Gasteiger partial charge < -0.3 is 0 Å². The predicted molar refractivity (Wildman–Crippen MR) is 93.8 cm³/mol. The van der Waals surface area contributed by atoms with Crippen LogP contribution in [0.2, 0.25) is 10.0 Å². The lowest BCUT2D eigenvalue weighted by atomic mass is 10.2. The van der Waals surface area contributed by atoms with Gasteiger partial charge in [-0.05, 0) is 36.8 Å². The molecule has 2 aromatic carbocycles. The Morgan fingerprint density at radius 2 is 1.57 bits per heavy atom. The lowest BCUT2D eigenvalue weighted by Gasteiger charge is -2.13. The van der Waals surface area contributed by atoms with Crippen molar-refractivity contribution >= 4 is 70.8 Å². The van der Waals surface area contributed by atoms with E-state index in [0.717, 1.165) is 10.0 Å². The lowest BCUT2D eigenvalue weighted by molar-refractivity contribution is 0.601. The minimum atomic E-state index is -3.89. The van der Waals surface area contributed by atoms with E-state index in [1.54, 1.807) is 19.1 Å². The molecule has 3 nitrogen and oxygen atoms in total. The van der Waals surface area contributed by atoms with Crippen molar-refractivity contribution in [1.29, 1.82) is 0 Å². The summed E-state index contributed by atoms with van der Waals surface area (Å²) in [5.41, 5.74) is 1.24. The molecule has 0 saturated carbocycles. The number of halogens is 4. The topological polar surface area (TPSA) is 46.2 Å². The molecule has 2 rings (SSSR count). The maximum atomic E-state index is 12.5. The molecule has 0 bridgehead atoms. The van der Waals surface area contributed by atoms with Gasteiger partial charge in [0.05, 0.1) is 15.7 Å². The van der Waals surface area contributed by atoms with Crippen molar-refractivity contribution in [2.45, 2.75) is 11.8 Å². The molecule has 0 aliphatic rings. The monoisotopic (exact) mass is 471 g/mol. The minimum absolute atomic E-state index is 0.0505. The zero-order chi connectivity index (χ0) is 15.8. The van der Waals surface area contributed by atoms with Gasteiger partial charge in [0.1, 0.15) is 4.90 Å².